The Morgan fingerprint density at radius 3 is 2.67 bits per heavy atom. The standard InChI is InChI=1S/C13H19NO6S/c1-3-20-8-4-7-14-21(17,18)12-6-5-10(13(15)16)9-11(12)19-2/h5-6,9,14H,3-4,7-8H2,1-2H3,(H,15,16). The van der Waals surface area contributed by atoms with Gasteiger partial charge in [0.05, 0.1) is 12.7 Å². The fourth-order valence-corrected chi connectivity index (χ4v) is 2.85. The molecule has 0 atom stereocenters. The Balaban J connectivity index is 2.85. The van der Waals surface area contributed by atoms with Crippen molar-refractivity contribution < 1.29 is 27.8 Å². The first kappa shape index (κ1) is 17.4. The smallest absolute Gasteiger partial charge is 0.335 e. The molecule has 0 unspecified atom stereocenters. The Morgan fingerprint density at radius 2 is 2.10 bits per heavy atom. The third kappa shape index (κ3) is 5.00. The lowest BCUT2D eigenvalue weighted by atomic mass is 10.2. The molecule has 0 radical (unpaired) electrons. The van der Waals surface area contributed by atoms with Crippen LogP contribution in [0, 0.1) is 0 Å². The van der Waals surface area contributed by atoms with Crippen molar-refractivity contribution >= 4 is 16.0 Å². The Morgan fingerprint density at radius 1 is 1.38 bits per heavy atom. The summed E-state index contributed by atoms with van der Waals surface area (Å²) < 4.78 is 36.8. The molecule has 7 nitrogen and oxygen atoms in total. The highest BCUT2D eigenvalue weighted by atomic mass is 32.2. The van der Waals surface area contributed by atoms with Crippen LogP contribution in [-0.4, -0.2) is 46.4 Å². The van der Waals surface area contributed by atoms with Crippen LogP contribution in [0.25, 0.3) is 0 Å². The monoisotopic (exact) mass is 317 g/mol. The molecule has 0 fully saturated rings. The number of carbonyl (C=O) groups is 1. The van der Waals surface area contributed by atoms with Crippen LogP contribution in [0.5, 0.6) is 5.75 Å². The Kier molecular flexibility index (Phi) is 6.60. The van der Waals surface area contributed by atoms with Gasteiger partial charge in [-0.3, -0.25) is 0 Å². The van der Waals surface area contributed by atoms with E-state index >= 15 is 0 Å². The van der Waals surface area contributed by atoms with Gasteiger partial charge in [-0.2, -0.15) is 0 Å². The van der Waals surface area contributed by atoms with Gasteiger partial charge in [0.1, 0.15) is 10.6 Å². The molecule has 1 aromatic rings. The zero-order chi connectivity index (χ0) is 15.9. The molecule has 0 spiro atoms. The fraction of sp³-hybridized carbons (Fsp3) is 0.462. The van der Waals surface area contributed by atoms with E-state index in [9.17, 15) is 13.2 Å². The molecule has 2 N–H and O–H groups in total. The molecule has 21 heavy (non-hydrogen) atoms. The van der Waals surface area contributed by atoms with Crippen molar-refractivity contribution in [1.29, 1.82) is 0 Å². The third-order valence-electron chi connectivity index (χ3n) is 2.66. The van der Waals surface area contributed by atoms with Crippen LogP contribution in [0.1, 0.15) is 23.7 Å². The second-order valence-electron chi connectivity index (χ2n) is 4.12. The number of hydrogen-bond donors (Lipinski definition) is 2. The van der Waals surface area contributed by atoms with Crippen LogP contribution < -0.4 is 9.46 Å². The Labute approximate surface area is 123 Å². The van der Waals surface area contributed by atoms with Crippen LogP contribution in [-0.2, 0) is 14.8 Å². The van der Waals surface area contributed by atoms with Crippen LogP contribution in [0.15, 0.2) is 23.1 Å². The van der Waals surface area contributed by atoms with Gasteiger partial charge in [-0.1, -0.05) is 0 Å². The molecule has 0 aliphatic heterocycles. The summed E-state index contributed by atoms with van der Waals surface area (Å²) in [6, 6.07) is 3.61. The number of aromatic carboxylic acids is 1. The molecule has 0 aliphatic carbocycles. The summed E-state index contributed by atoms with van der Waals surface area (Å²) in [5, 5.41) is 8.89. The van der Waals surface area contributed by atoms with E-state index in [1.807, 2.05) is 6.92 Å². The normalized spacial score (nSPS) is 11.3. The lowest BCUT2D eigenvalue weighted by molar-refractivity contribution is 0.0696. The molecule has 118 valence electrons. The minimum atomic E-state index is -3.76. The Bertz CT molecular complexity index is 584. The molecule has 0 bridgehead atoms. The number of sulfonamides is 1. The van der Waals surface area contributed by atoms with E-state index in [0.717, 1.165) is 0 Å². The molecule has 1 rings (SSSR count). The largest absolute Gasteiger partial charge is 0.495 e. The minimum Gasteiger partial charge on any atom is -0.495 e. The van der Waals surface area contributed by atoms with Crippen LogP contribution in [0.3, 0.4) is 0 Å². The zero-order valence-corrected chi connectivity index (χ0v) is 12.8. The van der Waals surface area contributed by atoms with E-state index in [4.69, 9.17) is 14.6 Å². The first-order chi connectivity index (χ1) is 9.92. The fourth-order valence-electron chi connectivity index (χ4n) is 1.63. The summed E-state index contributed by atoms with van der Waals surface area (Å²) in [6.45, 7) is 3.14. The molecular formula is C13H19NO6S. The highest BCUT2D eigenvalue weighted by molar-refractivity contribution is 7.89. The van der Waals surface area contributed by atoms with Crippen molar-refractivity contribution in [3.05, 3.63) is 23.8 Å². The van der Waals surface area contributed by atoms with Gasteiger partial charge < -0.3 is 14.6 Å². The number of carboxylic acid groups (broad SMARTS) is 1. The lowest BCUT2D eigenvalue weighted by Gasteiger charge is -2.11. The van der Waals surface area contributed by atoms with Gasteiger partial charge in [0.25, 0.3) is 0 Å². The molecule has 1 aromatic carbocycles. The quantitative estimate of drug-likeness (QED) is 0.661. The van der Waals surface area contributed by atoms with Gasteiger partial charge in [-0.15, -0.1) is 0 Å². The van der Waals surface area contributed by atoms with Crippen molar-refractivity contribution in [2.24, 2.45) is 0 Å². The summed E-state index contributed by atoms with van der Waals surface area (Å²) in [7, 11) is -2.47. The topological polar surface area (TPSA) is 102 Å². The van der Waals surface area contributed by atoms with Gasteiger partial charge in [0.2, 0.25) is 10.0 Å². The minimum absolute atomic E-state index is 0.00721. The van der Waals surface area contributed by atoms with Gasteiger partial charge in [-0.05, 0) is 31.5 Å². The average Bonchev–Trinajstić information content (AvgIpc) is 2.46. The summed E-state index contributed by atoms with van der Waals surface area (Å²) >= 11 is 0. The SMILES string of the molecule is CCOCCCNS(=O)(=O)c1ccc(C(=O)O)cc1OC. The van der Waals surface area contributed by atoms with Gasteiger partial charge >= 0.3 is 5.97 Å². The number of carboxylic acids is 1. The number of nitrogens with one attached hydrogen (secondary N) is 1. The van der Waals surface area contributed by atoms with Crippen molar-refractivity contribution in [3.63, 3.8) is 0 Å². The number of hydrogen-bond acceptors (Lipinski definition) is 5. The summed E-state index contributed by atoms with van der Waals surface area (Å²) in [5.74, 6) is -1.16. The second kappa shape index (κ2) is 7.96. The summed E-state index contributed by atoms with van der Waals surface area (Å²) in [4.78, 5) is 10.8. The van der Waals surface area contributed by atoms with Crippen LogP contribution >= 0.6 is 0 Å². The van der Waals surface area contributed by atoms with Gasteiger partial charge in [0.15, 0.2) is 0 Å². The van der Waals surface area contributed by atoms with Crippen LogP contribution in [0.2, 0.25) is 0 Å². The molecule has 0 saturated carbocycles. The van der Waals surface area contributed by atoms with Gasteiger partial charge in [-0.25, -0.2) is 17.9 Å². The maximum absolute atomic E-state index is 12.1. The van der Waals surface area contributed by atoms with E-state index in [1.165, 1.54) is 25.3 Å². The first-order valence-electron chi connectivity index (χ1n) is 6.41. The van der Waals surface area contributed by atoms with E-state index in [1.54, 1.807) is 0 Å². The molecule has 0 heterocycles. The predicted molar refractivity (Wildman–Crippen MR) is 76.3 cm³/mol. The molecule has 0 saturated heterocycles. The highest BCUT2D eigenvalue weighted by Crippen LogP contribution is 2.24. The number of benzene rings is 1. The maximum atomic E-state index is 12.1. The van der Waals surface area contributed by atoms with Gasteiger partial charge in [0, 0.05) is 19.8 Å². The molecule has 0 aromatic heterocycles. The zero-order valence-electron chi connectivity index (χ0n) is 12.0. The lowest BCUT2D eigenvalue weighted by Crippen LogP contribution is -2.26. The molecule has 0 aliphatic rings. The van der Waals surface area contributed by atoms with E-state index in [-0.39, 0.29) is 22.8 Å². The van der Waals surface area contributed by atoms with Crippen molar-refractivity contribution in [3.8, 4) is 5.75 Å². The van der Waals surface area contributed by atoms with Crippen LogP contribution in [0.4, 0.5) is 0 Å². The third-order valence-corrected chi connectivity index (χ3v) is 4.16. The number of ether oxygens (including phenoxy) is 2. The summed E-state index contributed by atoms with van der Waals surface area (Å²) in [6.07, 6.45) is 0.544. The van der Waals surface area contributed by atoms with E-state index < -0.39 is 16.0 Å². The van der Waals surface area contributed by atoms with Crippen molar-refractivity contribution in [2.45, 2.75) is 18.2 Å². The van der Waals surface area contributed by atoms with Crippen molar-refractivity contribution in [1.82, 2.24) is 4.72 Å². The Hall–Kier alpha value is -1.64. The first-order valence-corrected chi connectivity index (χ1v) is 7.89. The number of methoxy groups -OCH3 is 1. The van der Waals surface area contributed by atoms with Crippen molar-refractivity contribution in [2.75, 3.05) is 26.9 Å². The second-order valence-corrected chi connectivity index (χ2v) is 5.85. The molecule has 0 amide bonds. The number of rotatable bonds is 9. The average molecular weight is 317 g/mol. The highest BCUT2D eigenvalue weighted by Gasteiger charge is 2.20. The predicted octanol–water partition coefficient (Wildman–Crippen LogP) is 1.10. The van der Waals surface area contributed by atoms with E-state index in [2.05, 4.69) is 4.72 Å². The van der Waals surface area contributed by atoms with E-state index in [0.29, 0.717) is 19.6 Å². The summed E-state index contributed by atoms with van der Waals surface area (Å²) in [5.41, 5.74) is -0.0397. The molecule has 8 heteroatoms. The molecular weight excluding hydrogens is 298 g/mol. The maximum Gasteiger partial charge on any atom is 0.335 e.